The predicted molar refractivity (Wildman–Crippen MR) is 116 cm³/mol. The van der Waals surface area contributed by atoms with Crippen LogP contribution >= 0.6 is 11.6 Å². The molecule has 9 heteroatoms. The average Bonchev–Trinajstić information content (AvgIpc) is 2.74. The van der Waals surface area contributed by atoms with Gasteiger partial charge in [0, 0.05) is 31.2 Å². The van der Waals surface area contributed by atoms with Gasteiger partial charge in [0.1, 0.15) is 6.54 Å². The number of benzene rings is 2. The molecule has 2 aromatic carbocycles. The quantitative estimate of drug-likeness (QED) is 0.634. The van der Waals surface area contributed by atoms with Gasteiger partial charge in [-0.3, -0.25) is 13.9 Å². The van der Waals surface area contributed by atoms with Crippen molar-refractivity contribution in [3.63, 3.8) is 0 Å². The van der Waals surface area contributed by atoms with Crippen molar-refractivity contribution < 1.29 is 18.0 Å². The first-order valence-corrected chi connectivity index (χ1v) is 11.4. The van der Waals surface area contributed by atoms with Gasteiger partial charge in [-0.05, 0) is 43.7 Å². The summed E-state index contributed by atoms with van der Waals surface area (Å²) in [6.45, 7) is 4.88. The summed E-state index contributed by atoms with van der Waals surface area (Å²) in [6.07, 6.45) is 0.755. The van der Waals surface area contributed by atoms with Crippen LogP contribution in [0.25, 0.3) is 0 Å². The van der Waals surface area contributed by atoms with Gasteiger partial charge in [-0.25, -0.2) is 8.42 Å². The molecule has 1 aliphatic rings. The molecule has 2 amide bonds. The number of hydrogen-bond donors (Lipinski definition) is 0. The minimum atomic E-state index is -4.00. The number of aryl methyl sites for hydroxylation is 2. The van der Waals surface area contributed by atoms with Crippen LogP contribution in [-0.2, 0) is 19.6 Å². The fourth-order valence-electron chi connectivity index (χ4n) is 3.29. The van der Waals surface area contributed by atoms with Gasteiger partial charge in [-0.2, -0.15) is 0 Å². The summed E-state index contributed by atoms with van der Waals surface area (Å²) in [5, 5.41) is 0.381. The van der Waals surface area contributed by atoms with Gasteiger partial charge in [-0.15, -0.1) is 0 Å². The molecule has 2 aromatic rings. The fourth-order valence-corrected chi connectivity index (χ4v) is 4.92. The SMILES string of the molecule is Cc1ccc(S(=O)(=O)N(CC(=O)N2CCN(C=O)CC2)c2cc(Cl)ccc2C)cc1. The average molecular weight is 450 g/mol. The lowest BCUT2D eigenvalue weighted by atomic mass is 10.2. The molecular formula is C21H24ClN3O4S. The normalized spacial score (nSPS) is 14.5. The van der Waals surface area contributed by atoms with E-state index in [0.29, 0.717) is 42.5 Å². The molecule has 0 N–H and O–H groups in total. The van der Waals surface area contributed by atoms with Gasteiger partial charge in [0.05, 0.1) is 10.6 Å². The molecule has 0 bridgehead atoms. The lowest BCUT2D eigenvalue weighted by Gasteiger charge is -2.34. The van der Waals surface area contributed by atoms with Crippen molar-refractivity contribution in [2.24, 2.45) is 0 Å². The van der Waals surface area contributed by atoms with E-state index in [1.807, 2.05) is 6.92 Å². The van der Waals surface area contributed by atoms with Crippen molar-refractivity contribution >= 4 is 39.6 Å². The Kier molecular flexibility index (Phi) is 6.67. The molecule has 7 nitrogen and oxygen atoms in total. The van der Waals surface area contributed by atoms with E-state index in [0.717, 1.165) is 16.3 Å². The van der Waals surface area contributed by atoms with Crippen LogP contribution in [0.3, 0.4) is 0 Å². The Morgan fingerprint density at radius 1 is 1.07 bits per heavy atom. The Hall–Kier alpha value is -2.58. The number of nitrogens with zero attached hydrogens (tertiary/aromatic N) is 3. The molecule has 1 fully saturated rings. The predicted octanol–water partition coefficient (Wildman–Crippen LogP) is 2.45. The first kappa shape index (κ1) is 22.1. The highest BCUT2D eigenvalue weighted by molar-refractivity contribution is 7.92. The highest BCUT2D eigenvalue weighted by Crippen LogP contribution is 2.29. The van der Waals surface area contributed by atoms with Crippen molar-refractivity contribution in [1.29, 1.82) is 0 Å². The maximum absolute atomic E-state index is 13.5. The fraction of sp³-hybridized carbons (Fsp3) is 0.333. The third-order valence-electron chi connectivity index (χ3n) is 5.14. The number of hydrogen-bond acceptors (Lipinski definition) is 4. The number of amides is 2. The number of sulfonamides is 1. The molecule has 160 valence electrons. The summed E-state index contributed by atoms with van der Waals surface area (Å²) in [5.41, 5.74) is 1.99. The van der Waals surface area contributed by atoms with Gasteiger partial charge < -0.3 is 9.80 Å². The zero-order valence-corrected chi connectivity index (χ0v) is 18.5. The van der Waals surface area contributed by atoms with E-state index >= 15 is 0 Å². The van der Waals surface area contributed by atoms with E-state index < -0.39 is 10.0 Å². The molecule has 1 aliphatic heterocycles. The van der Waals surface area contributed by atoms with Gasteiger partial charge in [-0.1, -0.05) is 35.4 Å². The molecule has 3 rings (SSSR count). The van der Waals surface area contributed by atoms with Crippen LogP contribution in [0.2, 0.25) is 5.02 Å². The first-order valence-electron chi connectivity index (χ1n) is 9.55. The number of halogens is 1. The van der Waals surface area contributed by atoms with E-state index in [9.17, 15) is 18.0 Å². The summed E-state index contributed by atoms with van der Waals surface area (Å²) in [4.78, 5) is 27.2. The summed E-state index contributed by atoms with van der Waals surface area (Å²) < 4.78 is 28.1. The van der Waals surface area contributed by atoms with Crippen molar-refractivity contribution in [3.05, 3.63) is 58.6 Å². The third-order valence-corrected chi connectivity index (χ3v) is 7.15. The topological polar surface area (TPSA) is 78.0 Å². The molecule has 1 saturated heterocycles. The molecule has 0 unspecified atom stereocenters. The highest BCUT2D eigenvalue weighted by atomic mass is 35.5. The van der Waals surface area contributed by atoms with Crippen molar-refractivity contribution in [2.45, 2.75) is 18.7 Å². The van der Waals surface area contributed by atoms with Crippen molar-refractivity contribution in [1.82, 2.24) is 9.80 Å². The summed E-state index contributed by atoms with van der Waals surface area (Å²) in [5.74, 6) is -0.324. The molecule has 1 heterocycles. The van der Waals surface area contributed by atoms with Gasteiger partial charge in [0.2, 0.25) is 12.3 Å². The van der Waals surface area contributed by atoms with Crippen LogP contribution < -0.4 is 4.31 Å². The molecule has 0 spiro atoms. The van der Waals surface area contributed by atoms with E-state index in [2.05, 4.69) is 0 Å². The van der Waals surface area contributed by atoms with Gasteiger partial charge in [0.25, 0.3) is 10.0 Å². The highest BCUT2D eigenvalue weighted by Gasteiger charge is 2.31. The summed E-state index contributed by atoms with van der Waals surface area (Å²) >= 11 is 6.14. The molecular weight excluding hydrogens is 426 g/mol. The number of carbonyl (C=O) groups is 2. The number of anilines is 1. The second kappa shape index (κ2) is 9.06. The second-order valence-electron chi connectivity index (χ2n) is 7.28. The minimum absolute atomic E-state index is 0.103. The largest absolute Gasteiger partial charge is 0.342 e. The third kappa shape index (κ3) is 4.76. The zero-order valence-electron chi connectivity index (χ0n) is 16.9. The van der Waals surface area contributed by atoms with Crippen LogP contribution in [0.4, 0.5) is 5.69 Å². The van der Waals surface area contributed by atoms with E-state index in [1.54, 1.807) is 47.1 Å². The molecule has 0 saturated carbocycles. The zero-order chi connectivity index (χ0) is 21.9. The van der Waals surface area contributed by atoms with Crippen LogP contribution in [0.1, 0.15) is 11.1 Å². The van der Waals surface area contributed by atoms with Crippen LogP contribution in [0.15, 0.2) is 47.4 Å². The Morgan fingerprint density at radius 3 is 2.30 bits per heavy atom. The molecule has 30 heavy (non-hydrogen) atoms. The number of rotatable bonds is 6. The Morgan fingerprint density at radius 2 is 1.70 bits per heavy atom. The Bertz CT molecular complexity index is 1030. The Balaban J connectivity index is 1.96. The maximum atomic E-state index is 13.5. The second-order valence-corrected chi connectivity index (χ2v) is 9.58. The first-order chi connectivity index (χ1) is 14.2. The summed E-state index contributed by atoms with van der Waals surface area (Å²) in [6, 6.07) is 11.5. The maximum Gasteiger partial charge on any atom is 0.264 e. The lowest BCUT2D eigenvalue weighted by Crippen LogP contribution is -2.51. The van der Waals surface area contributed by atoms with Crippen molar-refractivity contribution in [2.75, 3.05) is 37.0 Å². The minimum Gasteiger partial charge on any atom is -0.342 e. The lowest BCUT2D eigenvalue weighted by molar-refractivity contribution is -0.133. The molecule has 0 radical (unpaired) electrons. The number of carbonyl (C=O) groups excluding carboxylic acids is 2. The molecule has 0 aromatic heterocycles. The molecule has 0 atom stereocenters. The van der Waals surface area contributed by atoms with Crippen LogP contribution in [0, 0.1) is 13.8 Å². The summed E-state index contributed by atoms with van der Waals surface area (Å²) in [7, 11) is -4.00. The number of piperazine rings is 1. The van der Waals surface area contributed by atoms with E-state index in [-0.39, 0.29) is 17.3 Å². The van der Waals surface area contributed by atoms with Crippen molar-refractivity contribution in [3.8, 4) is 0 Å². The van der Waals surface area contributed by atoms with Gasteiger partial charge in [0.15, 0.2) is 0 Å². The smallest absolute Gasteiger partial charge is 0.264 e. The monoisotopic (exact) mass is 449 g/mol. The molecule has 0 aliphatic carbocycles. The van der Waals surface area contributed by atoms with E-state index in [1.165, 1.54) is 12.1 Å². The standard InChI is InChI=1S/C21H24ClN3O4S/c1-16-3-7-19(8-4-16)30(28,29)25(20-13-18(22)6-5-17(20)2)14-21(27)24-11-9-23(15-26)10-12-24/h3-8,13,15H,9-12,14H2,1-2H3. The Labute approximate surface area is 181 Å². The van der Waals surface area contributed by atoms with Crippen LogP contribution in [-0.4, -0.2) is 63.3 Å². The van der Waals surface area contributed by atoms with Gasteiger partial charge >= 0.3 is 0 Å². The van der Waals surface area contributed by atoms with Crippen LogP contribution in [0.5, 0.6) is 0 Å². The van der Waals surface area contributed by atoms with E-state index in [4.69, 9.17) is 11.6 Å².